The molecule has 1 aromatic rings. The zero-order valence-corrected chi connectivity index (χ0v) is 11.3. The van der Waals surface area contributed by atoms with E-state index in [-0.39, 0.29) is 24.6 Å². The van der Waals surface area contributed by atoms with Crippen LogP contribution in [0.15, 0.2) is 18.2 Å². The summed E-state index contributed by atoms with van der Waals surface area (Å²) in [6, 6.07) is 2.37. The number of hydrogen-bond donors (Lipinski definition) is 1. The molecule has 3 nitrogen and oxygen atoms in total. The molecule has 1 aliphatic rings. The minimum atomic E-state index is -4.58. The molecule has 0 bridgehead atoms. The fourth-order valence-electron chi connectivity index (χ4n) is 2.31. The van der Waals surface area contributed by atoms with Crippen molar-refractivity contribution in [2.75, 3.05) is 19.6 Å². The Labute approximate surface area is 119 Å². The molecule has 0 unspecified atom stereocenters. The molecule has 0 atom stereocenters. The summed E-state index contributed by atoms with van der Waals surface area (Å²) in [7, 11) is 0. The Kier molecular flexibility index (Phi) is 4.82. The maximum absolute atomic E-state index is 13.2. The normalized spacial score (nSPS) is 15.5. The molecule has 1 saturated heterocycles. The molecule has 21 heavy (non-hydrogen) atoms. The van der Waals surface area contributed by atoms with Crippen LogP contribution >= 0.6 is 0 Å². The Morgan fingerprint density at radius 3 is 2.48 bits per heavy atom. The van der Waals surface area contributed by atoms with Crippen molar-refractivity contribution in [3.8, 4) is 0 Å². The summed E-state index contributed by atoms with van der Waals surface area (Å²) in [5.74, 6) is -1.02. The number of hydrogen-bond acceptors (Lipinski definition) is 2. The quantitative estimate of drug-likeness (QED) is 0.867. The summed E-state index contributed by atoms with van der Waals surface area (Å²) in [4.78, 5) is 13.4. The largest absolute Gasteiger partial charge is 0.416 e. The first-order chi connectivity index (χ1) is 9.86. The molecule has 116 valence electrons. The van der Waals surface area contributed by atoms with E-state index in [2.05, 4.69) is 5.32 Å². The fraction of sp³-hybridized carbons (Fsp3) is 0.500. The molecule has 1 N–H and O–H groups in total. The first-order valence-corrected chi connectivity index (χ1v) is 6.71. The summed E-state index contributed by atoms with van der Waals surface area (Å²) in [6.07, 6.45) is -2.63. The second-order valence-electron chi connectivity index (χ2n) is 5.04. The van der Waals surface area contributed by atoms with E-state index in [0.29, 0.717) is 6.07 Å². The van der Waals surface area contributed by atoms with Crippen LogP contribution in [0.4, 0.5) is 17.6 Å². The molecule has 7 heteroatoms. The lowest BCUT2D eigenvalue weighted by molar-refractivity contribution is -0.137. The Hall–Kier alpha value is -1.63. The zero-order valence-electron chi connectivity index (χ0n) is 11.3. The highest BCUT2D eigenvalue weighted by atomic mass is 19.4. The number of carbonyl (C=O) groups excluding carboxylic acids is 1. The topological polar surface area (TPSA) is 32.3 Å². The van der Waals surface area contributed by atoms with Crippen molar-refractivity contribution >= 4 is 5.91 Å². The van der Waals surface area contributed by atoms with Crippen LogP contribution in [0.5, 0.6) is 0 Å². The van der Waals surface area contributed by atoms with Crippen molar-refractivity contribution in [1.29, 1.82) is 0 Å². The highest BCUT2D eigenvalue weighted by Gasteiger charge is 2.31. The van der Waals surface area contributed by atoms with Crippen LogP contribution in [0, 0.1) is 5.82 Å². The summed E-state index contributed by atoms with van der Waals surface area (Å²) in [5, 5.41) is 2.76. The summed E-state index contributed by atoms with van der Waals surface area (Å²) in [6.45, 7) is 1.50. The molecular weight excluding hydrogens is 288 g/mol. The van der Waals surface area contributed by atoms with Crippen LogP contribution in [0.2, 0.25) is 0 Å². The van der Waals surface area contributed by atoms with E-state index >= 15 is 0 Å². The molecule has 1 aliphatic heterocycles. The van der Waals surface area contributed by atoms with Crippen molar-refractivity contribution in [3.63, 3.8) is 0 Å². The van der Waals surface area contributed by atoms with Gasteiger partial charge in [-0.25, -0.2) is 4.39 Å². The molecule has 0 spiro atoms. The first-order valence-electron chi connectivity index (χ1n) is 6.71. The van der Waals surface area contributed by atoms with Gasteiger partial charge in [-0.3, -0.25) is 4.79 Å². The minimum Gasteiger partial charge on any atom is -0.342 e. The van der Waals surface area contributed by atoms with Gasteiger partial charge in [0, 0.05) is 19.6 Å². The molecule has 0 radical (unpaired) electrons. The minimum absolute atomic E-state index is 0.0143. The molecule has 1 fully saturated rings. The molecule has 1 amide bonds. The highest BCUT2D eigenvalue weighted by molar-refractivity contribution is 5.78. The standard InChI is InChI=1S/C14H16F4N2O/c15-12-6-10(5-11(7-12)14(16,17)18)8-19-9-13(21)20-3-1-2-4-20/h5-7,19H,1-4,8-9H2. The SMILES string of the molecule is O=C(CNCc1cc(F)cc(C(F)(F)F)c1)N1CCCC1. The second-order valence-corrected chi connectivity index (χ2v) is 5.04. The van der Waals surface area contributed by atoms with E-state index in [0.717, 1.165) is 38.1 Å². The number of alkyl halides is 3. The Morgan fingerprint density at radius 1 is 1.19 bits per heavy atom. The molecule has 0 saturated carbocycles. The van der Waals surface area contributed by atoms with Gasteiger partial charge >= 0.3 is 6.18 Å². The average molecular weight is 304 g/mol. The monoisotopic (exact) mass is 304 g/mol. The van der Waals surface area contributed by atoms with Crippen molar-refractivity contribution in [3.05, 3.63) is 35.1 Å². The number of carbonyl (C=O) groups is 1. The van der Waals surface area contributed by atoms with Gasteiger partial charge in [0.15, 0.2) is 0 Å². The van der Waals surface area contributed by atoms with E-state index in [1.807, 2.05) is 0 Å². The van der Waals surface area contributed by atoms with Crippen molar-refractivity contribution in [1.82, 2.24) is 10.2 Å². The zero-order chi connectivity index (χ0) is 15.5. The van der Waals surface area contributed by atoms with Crippen LogP contribution in [-0.2, 0) is 17.5 Å². The van der Waals surface area contributed by atoms with E-state index in [1.165, 1.54) is 0 Å². The Bertz CT molecular complexity index is 510. The molecule has 0 aliphatic carbocycles. The number of nitrogens with one attached hydrogen (secondary N) is 1. The summed E-state index contributed by atoms with van der Waals surface area (Å²) >= 11 is 0. The van der Waals surface area contributed by atoms with E-state index in [4.69, 9.17) is 0 Å². The van der Waals surface area contributed by atoms with Crippen LogP contribution in [-0.4, -0.2) is 30.4 Å². The number of rotatable bonds is 4. The lowest BCUT2D eigenvalue weighted by atomic mass is 10.1. The predicted molar refractivity (Wildman–Crippen MR) is 68.9 cm³/mol. The van der Waals surface area contributed by atoms with Crippen LogP contribution in [0.1, 0.15) is 24.0 Å². The van der Waals surface area contributed by atoms with Gasteiger partial charge in [0.25, 0.3) is 0 Å². The molecular formula is C14H16F4N2O. The van der Waals surface area contributed by atoms with Crippen LogP contribution < -0.4 is 5.32 Å². The third kappa shape index (κ3) is 4.42. The number of likely N-dealkylation sites (tertiary alicyclic amines) is 1. The Morgan fingerprint density at radius 2 is 1.86 bits per heavy atom. The third-order valence-corrected chi connectivity index (χ3v) is 3.35. The smallest absolute Gasteiger partial charge is 0.342 e. The third-order valence-electron chi connectivity index (χ3n) is 3.35. The average Bonchev–Trinajstić information content (AvgIpc) is 2.90. The van der Waals surface area contributed by atoms with E-state index in [9.17, 15) is 22.4 Å². The van der Waals surface area contributed by atoms with E-state index in [1.54, 1.807) is 4.90 Å². The Balaban J connectivity index is 1.91. The van der Waals surface area contributed by atoms with Crippen LogP contribution in [0.3, 0.4) is 0 Å². The lowest BCUT2D eigenvalue weighted by Gasteiger charge is -2.15. The van der Waals surface area contributed by atoms with Crippen molar-refractivity contribution < 1.29 is 22.4 Å². The van der Waals surface area contributed by atoms with Gasteiger partial charge in [0.1, 0.15) is 5.82 Å². The highest BCUT2D eigenvalue weighted by Crippen LogP contribution is 2.30. The maximum atomic E-state index is 13.2. The molecule has 1 heterocycles. The molecule has 1 aromatic carbocycles. The number of benzene rings is 1. The van der Waals surface area contributed by atoms with Crippen LogP contribution in [0.25, 0.3) is 0 Å². The predicted octanol–water partition coefficient (Wildman–Crippen LogP) is 2.56. The molecule has 2 rings (SSSR count). The van der Waals surface area contributed by atoms with E-state index < -0.39 is 17.6 Å². The van der Waals surface area contributed by atoms with Gasteiger partial charge in [0.2, 0.25) is 5.91 Å². The number of amides is 1. The van der Waals surface area contributed by atoms with Gasteiger partial charge in [-0.15, -0.1) is 0 Å². The molecule has 0 aromatic heterocycles. The fourth-order valence-corrected chi connectivity index (χ4v) is 2.31. The van der Waals surface area contributed by atoms with Gasteiger partial charge in [0.05, 0.1) is 12.1 Å². The number of nitrogens with zero attached hydrogens (tertiary/aromatic N) is 1. The first kappa shape index (κ1) is 15.8. The van der Waals surface area contributed by atoms with Gasteiger partial charge < -0.3 is 10.2 Å². The van der Waals surface area contributed by atoms with Gasteiger partial charge in [-0.05, 0) is 36.6 Å². The van der Waals surface area contributed by atoms with Gasteiger partial charge in [-0.2, -0.15) is 13.2 Å². The number of halogens is 4. The lowest BCUT2D eigenvalue weighted by Crippen LogP contribution is -2.36. The van der Waals surface area contributed by atoms with Crippen molar-refractivity contribution in [2.45, 2.75) is 25.6 Å². The summed E-state index contributed by atoms with van der Waals surface area (Å²) < 4.78 is 50.9. The summed E-state index contributed by atoms with van der Waals surface area (Å²) in [5.41, 5.74) is -0.860. The van der Waals surface area contributed by atoms with Crippen molar-refractivity contribution in [2.24, 2.45) is 0 Å². The maximum Gasteiger partial charge on any atom is 0.416 e. The second kappa shape index (κ2) is 6.43. The van der Waals surface area contributed by atoms with Gasteiger partial charge in [-0.1, -0.05) is 0 Å².